The fourth-order valence-corrected chi connectivity index (χ4v) is 2.81. The Morgan fingerprint density at radius 2 is 1.95 bits per heavy atom. The van der Waals surface area contributed by atoms with E-state index in [0.717, 1.165) is 6.07 Å². The second-order valence-electron chi connectivity index (χ2n) is 4.19. The van der Waals surface area contributed by atoms with Crippen LogP contribution in [0.1, 0.15) is 16.1 Å². The number of nitrogens with zero attached hydrogens (tertiary/aromatic N) is 1. The molecule has 2 rings (SSSR count). The molecule has 1 aromatic carbocycles. The molecule has 0 aliphatic heterocycles. The van der Waals surface area contributed by atoms with Crippen LogP contribution in [0.25, 0.3) is 11.3 Å². The number of hydrogen-bond acceptors (Lipinski definition) is 3. The summed E-state index contributed by atoms with van der Waals surface area (Å²) in [7, 11) is 0. The van der Waals surface area contributed by atoms with Gasteiger partial charge in [-0.05, 0) is 24.6 Å². The highest BCUT2D eigenvalue weighted by Gasteiger charge is 2.21. The molecule has 3 nitrogen and oxygen atoms in total. The Morgan fingerprint density at radius 1 is 1.33 bits per heavy atom. The van der Waals surface area contributed by atoms with Crippen LogP contribution in [0.5, 0.6) is 0 Å². The lowest BCUT2D eigenvalue weighted by Gasteiger charge is -2.12. The number of halogens is 5. The van der Waals surface area contributed by atoms with Gasteiger partial charge in [-0.3, -0.25) is 4.79 Å². The van der Waals surface area contributed by atoms with E-state index in [1.807, 2.05) is 0 Å². The van der Waals surface area contributed by atoms with Crippen molar-refractivity contribution in [1.29, 1.82) is 0 Å². The SMILES string of the molecule is Cc1c(F)c(Cl)cc(F)c1-c1cc(N)c(Cl)c(C(=O)I)n1. The van der Waals surface area contributed by atoms with Crippen molar-refractivity contribution in [2.45, 2.75) is 6.92 Å². The van der Waals surface area contributed by atoms with E-state index in [1.165, 1.54) is 35.6 Å². The Labute approximate surface area is 142 Å². The van der Waals surface area contributed by atoms with Gasteiger partial charge in [0, 0.05) is 28.2 Å². The fourth-order valence-electron chi connectivity index (χ4n) is 1.84. The van der Waals surface area contributed by atoms with Crippen molar-refractivity contribution in [1.82, 2.24) is 4.98 Å². The third-order valence-electron chi connectivity index (χ3n) is 2.83. The molecule has 0 radical (unpaired) electrons. The molecule has 21 heavy (non-hydrogen) atoms. The van der Waals surface area contributed by atoms with Crippen LogP contribution in [-0.2, 0) is 0 Å². The normalized spacial score (nSPS) is 10.8. The second-order valence-corrected chi connectivity index (χ2v) is 5.95. The van der Waals surface area contributed by atoms with Crippen molar-refractivity contribution < 1.29 is 13.6 Å². The molecule has 0 unspecified atom stereocenters. The van der Waals surface area contributed by atoms with E-state index >= 15 is 0 Å². The van der Waals surface area contributed by atoms with Gasteiger partial charge in [0.1, 0.15) is 17.3 Å². The van der Waals surface area contributed by atoms with Crippen molar-refractivity contribution in [3.8, 4) is 11.3 Å². The number of carbonyl (C=O) groups is 1. The number of rotatable bonds is 2. The summed E-state index contributed by atoms with van der Waals surface area (Å²) in [6.07, 6.45) is 0. The van der Waals surface area contributed by atoms with Crippen molar-refractivity contribution in [2.75, 3.05) is 5.73 Å². The molecule has 110 valence electrons. The lowest BCUT2D eigenvalue weighted by Crippen LogP contribution is -2.03. The second kappa shape index (κ2) is 6.02. The lowest BCUT2D eigenvalue weighted by atomic mass is 10.0. The van der Waals surface area contributed by atoms with E-state index in [2.05, 4.69) is 4.98 Å². The standard InChI is InChI=1S/C13H7Cl2F2IN2O/c1-4-9(6(16)2-5(14)11(4)17)8-3-7(19)10(15)12(20-8)13(18)21/h2-3H,1H3,(H2,19,20). The first-order valence-electron chi connectivity index (χ1n) is 5.54. The molecule has 0 aliphatic carbocycles. The van der Waals surface area contributed by atoms with Crippen LogP contribution < -0.4 is 5.73 Å². The molecule has 1 aromatic heterocycles. The molecule has 0 aliphatic rings. The molecule has 0 saturated heterocycles. The molecule has 2 N–H and O–H groups in total. The zero-order valence-corrected chi connectivity index (χ0v) is 14.1. The summed E-state index contributed by atoms with van der Waals surface area (Å²) in [6.45, 7) is 1.36. The molecule has 0 saturated carbocycles. The van der Waals surface area contributed by atoms with Crippen molar-refractivity contribution >= 4 is 55.3 Å². The zero-order chi connectivity index (χ0) is 15.9. The van der Waals surface area contributed by atoms with Gasteiger partial charge >= 0.3 is 0 Å². The maximum absolute atomic E-state index is 14.1. The summed E-state index contributed by atoms with van der Waals surface area (Å²) < 4.78 is 27.5. The number of hydrogen-bond donors (Lipinski definition) is 1. The molecular weight excluding hydrogens is 436 g/mol. The monoisotopic (exact) mass is 442 g/mol. The molecule has 0 amide bonds. The highest BCUT2D eigenvalue weighted by Crippen LogP contribution is 2.34. The minimum absolute atomic E-state index is 0.0162. The lowest BCUT2D eigenvalue weighted by molar-refractivity contribution is 0.110. The smallest absolute Gasteiger partial charge is 0.242 e. The van der Waals surface area contributed by atoms with Crippen molar-refractivity contribution in [3.05, 3.63) is 45.1 Å². The fraction of sp³-hybridized carbons (Fsp3) is 0.0769. The van der Waals surface area contributed by atoms with Gasteiger partial charge in [-0.25, -0.2) is 13.8 Å². The Bertz CT molecular complexity index is 769. The van der Waals surface area contributed by atoms with Crippen LogP contribution in [-0.4, -0.2) is 8.77 Å². The van der Waals surface area contributed by atoms with E-state index in [9.17, 15) is 13.6 Å². The van der Waals surface area contributed by atoms with Gasteiger partial charge in [0.25, 0.3) is 0 Å². The number of nitrogens with two attached hydrogens (primary N) is 1. The third kappa shape index (κ3) is 2.97. The molecule has 0 bridgehead atoms. The Hall–Kier alpha value is -0.990. The summed E-state index contributed by atoms with van der Waals surface area (Å²) in [6, 6.07) is 2.13. The average molecular weight is 443 g/mol. The maximum Gasteiger partial charge on any atom is 0.242 e. The first-order chi connectivity index (χ1) is 9.73. The molecule has 8 heteroatoms. The number of anilines is 1. The largest absolute Gasteiger partial charge is 0.397 e. The first-order valence-corrected chi connectivity index (χ1v) is 7.37. The zero-order valence-electron chi connectivity index (χ0n) is 10.5. The summed E-state index contributed by atoms with van der Waals surface area (Å²) in [4.78, 5) is 15.5. The van der Waals surface area contributed by atoms with Crippen molar-refractivity contribution in [2.24, 2.45) is 0 Å². The van der Waals surface area contributed by atoms with Gasteiger partial charge in [0.2, 0.25) is 3.79 Å². The Balaban J connectivity index is 2.80. The van der Waals surface area contributed by atoms with Crippen LogP contribution in [0, 0.1) is 18.6 Å². The van der Waals surface area contributed by atoms with E-state index in [4.69, 9.17) is 28.9 Å². The molecule has 0 atom stereocenters. The van der Waals surface area contributed by atoms with Crippen LogP contribution in [0.2, 0.25) is 10.0 Å². The number of nitrogen functional groups attached to an aromatic ring is 1. The van der Waals surface area contributed by atoms with Crippen molar-refractivity contribution in [3.63, 3.8) is 0 Å². The highest BCUT2D eigenvalue weighted by molar-refractivity contribution is 14.1. The Morgan fingerprint density at radius 3 is 2.52 bits per heavy atom. The summed E-state index contributed by atoms with van der Waals surface area (Å²) >= 11 is 12.9. The number of aromatic nitrogens is 1. The minimum Gasteiger partial charge on any atom is -0.397 e. The predicted molar refractivity (Wildman–Crippen MR) is 87.1 cm³/mol. The number of benzene rings is 1. The van der Waals surface area contributed by atoms with Gasteiger partial charge in [-0.2, -0.15) is 0 Å². The van der Waals surface area contributed by atoms with Gasteiger partial charge < -0.3 is 5.73 Å². The van der Waals surface area contributed by atoms with Crippen LogP contribution in [0.15, 0.2) is 12.1 Å². The first kappa shape index (κ1) is 16.4. The topological polar surface area (TPSA) is 56.0 Å². The summed E-state index contributed by atoms with van der Waals surface area (Å²) in [5.74, 6) is -1.52. The predicted octanol–water partition coefficient (Wildman–Crippen LogP) is 4.80. The van der Waals surface area contributed by atoms with E-state index in [-0.39, 0.29) is 38.2 Å². The van der Waals surface area contributed by atoms with E-state index in [0.29, 0.717) is 0 Å². The molecule has 1 heterocycles. The van der Waals surface area contributed by atoms with E-state index < -0.39 is 15.4 Å². The maximum atomic E-state index is 14.1. The highest BCUT2D eigenvalue weighted by atomic mass is 127. The van der Waals surface area contributed by atoms with Gasteiger partial charge in [-0.1, -0.05) is 23.2 Å². The number of carbonyl (C=O) groups excluding carboxylic acids is 1. The van der Waals surface area contributed by atoms with Gasteiger partial charge in [0.15, 0.2) is 0 Å². The summed E-state index contributed by atoms with van der Waals surface area (Å²) in [5, 5.41) is -0.355. The number of pyridine rings is 1. The molecule has 2 aromatic rings. The summed E-state index contributed by atoms with van der Waals surface area (Å²) in [5.41, 5.74) is 5.51. The minimum atomic E-state index is -0.764. The van der Waals surface area contributed by atoms with Gasteiger partial charge in [-0.15, -0.1) is 0 Å². The molecular formula is C13H7Cl2F2IN2O. The quantitative estimate of drug-likeness (QED) is 0.413. The van der Waals surface area contributed by atoms with E-state index in [1.54, 1.807) is 0 Å². The van der Waals surface area contributed by atoms with Crippen LogP contribution >= 0.6 is 45.8 Å². The third-order valence-corrected chi connectivity index (χ3v) is 4.02. The average Bonchev–Trinajstić information content (AvgIpc) is 2.39. The van der Waals surface area contributed by atoms with Crippen LogP contribution in [0.3, 0.4) is 0 Å². The molecule has 0 fully saturated rings. The molecule has 0 spiro atoms. The van der Waals surface area contributed by atoms with Gasteiger partial charge in [0.05, 0.1) is 21.4 Å². The Kier molecular flexibility index (Phi) is 4.69. The van der Waals surface area contributed by atoms with Crippen LogP contribution in [0.4, 0.5) is 14.5 Å².